The Bertz CT molecular complexity index is 1140. The van der Waals surface area contributed by atoms with Crippen molar-refractivity contribution in [2.45, 2.75) is 13.5 Å². The molecule has 0 spiro atoms. The van der Waals surface area contributed by atoms with Crippen molar-refractivity contribution in [2.75, 3.05) is 12.5 Å². The van der Waals surface area contributed by atoms with E-state index in [0.29, 0.717) is 21.3 Å². The number of methoxy groups -OCH3 is 1. The highest BCUT2D eigenvalue weighted by molar-refractivity contribution is 6.42. The third kappa shape index (κ3) is 5.87. The Balaban J connectivity index is 1.83. The van der Waals surface area contributed by atoms with Gasteiger partial charge in [0.05, 0.1) is 34.0 Å². The second-order valence-electron chi connectivity index (χ2n) is 6.61. The number of nitrogens with one attached hydrogen (secondary N) is 1. The van der Waals surface area contributed by atoms with Gasteiger partial charge in [-0.15, -0.1) is 0 Å². The average molecular weight is 460 g/mol. The number of nitrogens with zero attached hydrogens (tertiary/aromatic N) is 2. The van der Waals surface area contributed by atoms with Crippen LogP contribution >= 0.6 is 23.2 Å². The molecule has 31 heavy (non-hydrogen) atoms. The Morgan fingerprint density at radius 1 is 1.13 bits per heavy atom. The van der Waals surface area contributed by atoms with Gasteiger partial charge in [-0.3, -0.25) is 15.5 Å². The third-order valence-corrected chi connectivity index (χ3v) is 5.01. The molecule has 0 unspecified atom stereocenters. The minimum Gasteiger partial charge on any atom is -0.493 e. The maximum absolute atomic E-state index is 11.7. The summed E-state index contributed by atoms with van der Waals surface area (Å²) in [5.74, 6) is 0.293. The number of aryl methyl sites for hydroxylation is 1. The minimum absolute atomic E-state index is 0.0589. The highest BCUT2D eigenvalue weighted by Gasteiger charge is 2.22. The minimum atomic E-state index is -0.516. The van der Waals surface area contributed by atoms with Crippen LogP contribution < -0.4 is 14.9 Å². The first-order chi connectivity index (χ1) is 14.9. The van der Waals surface area contributed by atoms with Crippen LogP contribution in [0.4, 0.5) is 11.4 Å². The number of hydrazone groups is 1. The number of hydrogen-bond donors (Lipinski definition) is 1. The van der Waals surface area contributed by atoms with Crippen molar-refractivity contribution >= 4 is 40.8 Å². The SMILES string of the molecule is COc1cc(C=NNc2ccc(Cl)c(Cl)c2)cc([N+](=O)[O-])c1OCc1cccc(C)c1. The van der Waals surface area contributed by atoms with E-state index >= 15 is 0 Å². The Morgan fingerprint density at radius 3 is 2.61 bits per heavy atom. The molecule has 0 aliphatic carbocycles. The molecule has 0 atom stereocenters. The first-order valence-corrected chi connectivity index (χ1v) is 9.92. The number of ether oxygens (including phenoxy) is 2. The van der Waals surface area contributed by atoms with Crippen molar-refractivity contribution < 1.29 is 14.4 Å². The molecule has 0 aromatic heterocycles. The number of benzene rings is 3. The molecule has 7 nitrogen and oxygen atoms in total. The molecule has 160 valence electrons. The lowest BCUT2D eigenvalue weighted by Crippen LogP contribution is -2.03. The first-order valence-electron chi connectivity index (χ1n) is 9.16. The largest absolute Gasteiger partial charge is 0.493 e. The molecule has 1 N–H and O–H groups in total. The van der Waals surface area contributed by atoms with E-state index in [-0.39, 0.29) is 23.8 Å². The zero-order valence-electron chi connectivity index (χ0n) is 16.8. The fourth-order valence-electron chi connectivity index (χ4n) is 2.82. The van der Waals surface area contributed by atoms with Gasteiger partial charge in [-0.2, -0.15) is 5.10 Å². The van der Waals surface area contributed by atoms with Gasteiger partial charge < -0.3 is 9.47 Å². The Morgan fingerprint density at radius 2 is 1.94 bits per heavy atom. The van der Waals surface area contributed by atoms with Crippen LogP contribution in [0.5, 0.6) is 11.5 Å². The summed E-state index contributed by atoms with van der Waals surface area (Å²) >= 11 is 11.9. The molecule has 3 aromatic rings. The van der Waals surface area contributed by atoms with Crippen LogP contribution in [0.1, 0.15) is 16.7 Å². The predicted octanol–water partition coefficient (Wildman–Crippen LogP) is 6.24. The molecule has 0 aliphatic heterocycles. The van der Waals surface area contributed by atoms with Crippen LogP contribution in [0.2, 0.25) is 10.0 Å². The molecule has 0 aliphatic rings. The normalized spacial score (nSPS) is 10.8. The van der Waals surface area contributed by atoms with Crippen LogP contribution in [-0.2, 0) is 6.61 Å². The van der Waals surface area contributed by atoms with Gasteiger partial charge >= 0.3 is 5.69 Å². The number of rotatable bonds is 8. The maximum Gasteiger partial charge on any atom is 0.315 e. The van der Waals surface area contributed by atoms with Crippen LogP contribution in [0.3, 0.4) is 0 Å². The Labute approximate surface area is 189 Å². The molecule has 0 saturated carbocycles. The van der Waals surface area contributed by atoms with Gasteiger partial charge in [0.2, 0.25) is 5.75 Å². The van der Waals surface area contributed by atoms with E-state index in [1.807, 2.05) is 31.2 Å². The van der Waals surface area contributed by atoms with Gasteiger partial charge in [0.1, 0.15) is 6.61 Å². The van der Waals surface area contributed by atoms with Crippen molar-refractivity contribution in [1.29, 1.82) is 0 Å². The van der Waals surface area contributed by atoms with E-state index in [4.69, 9.17) is 32.7 Å². The summed E-state index contributed by atoms with van der Waals surface area (Å²) in [6.45, 7) is 2.14. The monoisotopic (exact) mass is 459 g/mol. The van der Waals surface area contributed by atoms with E-state index in [1.54, 1.807) is 24.3 Å². The van der Waals surface area contributed by atoms with Crippen molar-refractivity contribution in [1.82, 2.24) is 0 Å². The lowest BCUT2D eigenvalue weighted by Gasteiger charge is -2.12. The molecule has 3 aromatic carbocycles. The van der Waals surface area contributed by atoms with Crippen molar-refractivity contribution in [3.8, 4) is 11.5 Å². The highest BCUT2D eigenvalue weighted by Crippen LogP contribution is 2.38. The predicted molar refractivity (Wildman–Crippen MR) is 123 cm³/mol. The smallest absolute Gasteiger partial charge is 0.315 e. The number of anilines is 1. The summed E-state index contributed by atoms with van der Waals surface area (Å²) in [5.41, 5.74) is 5.62. The molecule has 0 saturated heterocycles. The van der Waals surface area contributed by atoms with Gasteiger partial charge in [-0.25, -0.2) is 0 Å². The van der Waals surface area contributed by atoms with Gasteiger partial charge in [0, 0.05) is 11.6 Å². The fourth-order valence-corrected chi connectivity index (χ4v) is 3.12. The summed E-state index contributed by atoms with van der Waals surface area (Å²) < 4.78 is 11.1. The van der Waals surface area contributed by atoms with Crippen LogP contribution in [0.15, 0.2) is 59.7 Å². The molecule has 3 rings (SSSR count). The zero-order valence-corrected chi connectivity index (χ0v) is 18.3. The van der Waals surface area contributed by atoms with Gasteiger partial charge in [0.15, 0.2) is 5.75 Å². The van der Waals surface area contributed by atoms with Crippen LogP contribution in [0, 0.1) is 17.0 Å². The molecule has 0 heterocycles. The second kappa shape index (κ2) is 10.1. The van der Waals surface area contributed by atoms with Gasteiger partial charge in [-0.05, 0) is 36.8 Å². The standard InChI is InChI=1S/C22H19Cl2N3O4/c1-14-4-3-5-15(8-14)13-31-22-20(27(28)29)9-16(10-21(22)30-2)12-25-26-17-6-7-18(23)19(24)11-17/h3-12,26H,13H2,1-2H3. The van der Waals surface area contributed by atoms with E-state index in [2.05, 4.69) is 10.5 Å². The summed E-state index contributed by atoms with van der Waals surface area (Å²) in [6, 6.07) is 15.6. The Kier molecular flexibility index (Phi) is 7.33. The zero-order chi connectivity index (χ0) is 22.4. The molecule has 0 amide bonds. The Hall–Kier alpha value is -3.29. The molecule has 0 radical (unpaired) electrons. The number of nitro benzene ring substituents is 1. The number of nitro groups is 1. The number of hydrogen-bond acceptors (Lipinski definition) is 6. The average Bonchev–Trinajstić information content (AvgIpc) is 2.74. The van der Waals surface area contributed by atoms with E-state index in [0.717, 1.165) is 11.1 Å². The lowest BCUT2D eigenvalue weighted by atomic mass is 10.1. The second-order valence-corrected chi connectivity index (χ2v) is 7.42. The number of halogens is 2. The van der Waals surface area contributed by atoms with E-state index in [1.165, 1.54) is 19.4 Å². The van der Waals surface area contributed by atoms with Crippen LogP contribution in [-0.4, -0.2) is 18.2 Å². The van der Waals surface area contributed by atoms with E-state index < -0.39 is 4.92 Å². The summed E-state index contributed by atoms with van der Waals surface area (Å²) in [4.78, 5) is 11.1. The third-order valence-electron chi connectivity index (χ3n) is 4.27. The van der Waals surface area contributed by atoms with Crippen molar-refractivity contribution in [2.24, 2.45) is 5.10 Å². The summed E-state index contributed by atoms with van der Waals surface area (Å²) in [6.07, 6.45) is 1.43. The molecular weight excluding hydrogens is 441 g/mol. The summed E-state index contributed by atoms with van der Waals surface area (Å²) in [5, 5.41) is 16.6. The van der Waals surface area contributed by atoms with Crippen LogP contribution in [0.25, 0.3) is 0 Å². The highest BCUT2D eigenvalue weighted by atomic mass is 35.5. The topological polar surface area (TPSA) is 86.0 Å². The lowest BCUT2D eigenvalue weighted by molar-refractivity contribution is -0.386. The van der Waals surface area contributed by atoms with Crippen molar-refractivity contribution in [3.05, 3.63) is 91.4 Å². The van der Waals surface area contributed by atoms with Crippen molar-refractivity contribution in [3.63, 3.8) is 0 Å². The molecule has 0 fully saturated rings. The molecular formula is C22H19Cl2N3O4. The summed E-state index contributed by atoms with van der Waals surface area (Å²) in [7, 11) is 1.42. The molecule has 9 heteroatoms. The van der Waals surface area contributed by atoms with Gasteiger partial charge in [0.25, 0.3) is 0 Å². The quantitative estimate of drug-likeness (QED) is 0.244. The van der Waals surface area contributed by atoms with Gasteiger partial charge in [-0.1, -0.05) is 53.0 Å². The first kappa shape index (κ1) is 22.4. The maximum atomic E-state index is 11.7. The van der Waals surface area contributed by atoms with E-state index in [9.17, 15) is 10.1 Å². The molecule has 0 bridgehead atoms. The fraction of sp³-hybridized carbons (Fsp3) is 0.136.